The van der Waals surface area contributed by atoms with E-state index >= 15 is 0 Å². The molecule has 0 aromatic heterocycles. The first-order chi connectivity index (χ1) is 8.25. The van der Waals surface area contributed by atoms with Crippen LogP contribution in [0.5, 0.6) is 0 Å². The lowest BCUT2D eigenvalue weighted by molar-refractivity contribution is 0.755. The lowest BCUT2D eigenvalue weighted by Crippen LogP contribution is -1.95. The van der Waals surface area contributed by atoms with Gasteiger partial charge in [0, 0.05) is 5.69 Å². The van der Waals surface area contributed by atoms with Crippen molar-refractivity contribution in [2.24, 2.45) is 0 Å². The number of nitrogens with two attached hydrogens (primary N) is 1. The van der Waals surface area contributed by atoms with E-state index in [4.69, 9.17) is 5.73 Å². The first-order valence-electron chi connectivity index (χ1n) is 5.99. The smallest absolute Gasteiger partial charge is 0.0316 e. The van der Waals surface area contributed by atoms with E-state index in [1.54, 1.807) is 0 Å². The maximum atomic E-state index is 5.76. The van der Waals surface area contributed by atoms with Crippen molar-refractivity contribution in [2.75, 3.05) is 5.73 Å². The van der Waals surface area contributed by atoms with Crippen LogP contribution in [-0.2, 0) is 0 Å². The lowest BCUT2D eigenvalue weighted by atomic mass is 9.94. The van der Waals surface area contributed by atoms with E-state index in [-0.39, 0.29) is 0 Å². The minimum Gasteiger partial charge on any atom is -0.399 e. The van der Waals surface area contributed by atoms with Crippen LogP contribution in [0, 0.1) is 6.42 Å². The van der Waals surface area contributed by atoms with Crippen molar-refractivity contribution < 1.29 is 0 Å². The van der Waals surface area contributed by atoms with Crippen molar-refractivity contribution in [3.05, 3.63) is 72.1 Å². The quantitative estimate of drug-likeness (QED) is 0.780. The largest absolute Gasteiger partial charge is 0.399 e. The molecule has 2 N–H and O–H groups in total. The monoisotopic (exact) mass is 224 g/mol. The number of rotatable bonds is 4. The highest BCUT2D eigenvalue weighted by molar-refractivity contribution is 5.43. The van der Waals surface area contributed by atoms with Crippen LogP contribution < -0.4 is 5.73 Å². The molecule has 2 aromatic carbocycles. The van der Waals surface area contributed by atoms with Gasteiger partial charge in [-0.25, -0.2) is 0 Å². The molecule has 0 bridgehead atoms. The molecule has 1 heteroatoms. The molecular formula is C16H18N. The minimum absolute atomic E-state index is 0.539. The van der Waals surface area contributed by atoms with E-state index < -0.39 is 0 Å². The number of anilines is 1. The summed E-state index contributed by atoms with van der Waals surface area (Å²) >= 11 is 0. The molecule has 0 heterocycles. The fourth-order valence-corrected chi connectivity index (χ4v) is 1.92. The Labute approximate surface area is 103 Å². The predicted molar refractivity (Wildman–Crippen MR) is 73.7 cm³/mol. The Hall–Kier alpha value is -1.76. The molecule has 0 saturated carbocycles. The van der Waals surface area contributed by atoms with Gasteiger partial charge >= 0.3 is 0 Å². The van der Waals surface area contributed by atoms with Gasteiger partial charge in [0.15, 0.2) is 0 Å². The molecule has 0 aliphatic carbocycles. The Bertz CT molecular complexity index is 462. The molecule has 0 spiro atoms. The summed E-state index contributed by atoms with van der Waals surface area (Å²) < 4.78 is 0. The Morgan fingerprint density at radius 2 is 1.82 bits per heavy atom. The summed E-state index contributed by atoms with van der Waals surface area (Å²) in [5.41, 5.74) is 9.16. The second kappa shape index (κ2) is 5.53. The summed E-state index contributed by atoms with van der Waals surface area (Å²) in [5.74, 6) is 0.539. The van der Waals surface area contributed by atoms with Crippen molar-refractivity contribution in [3.8, 4) is 0 Å². The SMILES string of the molecule is CC(C[CH]c1cccc(N)c1)c1ccccc1. The Morgan fingerprint density at radius 1 is 1.06 bits per heavy atom. The normalized spacial score (nSPS) is 12.3. The fraction of sp³-hybridized carbons (Fsp3) is 0.188. The number of benzene rings is 2. The summed E-state index contributed by atoms with van der Waals surface area (Å²) in [6.45, 7) is 2.25. The van der Waals surface area contributed by atoms with E-state index in [0.717, 1.165) is 12.1 Å². The number of hydrogen-bond donors (Lipinski definition) is 1. The van der Waals surface area contributed by atoms with Gasteiger partial charge in [-0.2, -0.15) is 0 Å². The van der Waals surface area contributed by atoms with Crippen LogP contribution >= 0.6 is 0 Å². The van der Waals surface area contributed by atoms with Gasteiger partial charge in [-0.05, 0) is 42.0 Å². The summed E-state index contributed by atoms with van der Waals surface area (Å²) in [4.78, 5) is 0. The van der Waals surface area contributed by atoms with E-state index in [9.17, 15) is 0 Å². The predicted octanol–water partition coefficient (Wildman–Crippen LogP) is 4.01. The van der Waals surface area contributed by atoms with Gasteiger partial charge in [-0.1, -0.05) is 49.4 Å². The molecule has 1 nitrogen and oxygen atoms in total. The molecule has 0 fully saturated rings. The average molecular weight is 224 g/mol. The summed E-state index contributed by atoms with van der Waals surface area (Å²) in [5, 5.41) is 0. The van der Waals surface area contributed by atoms with Gasteiger partial charge in [0.2, 0.25) is 0 Å². The molecule has 1 atom stereocenters. The van der Waals surface area contributed by atoms with Crippen molar-refractivity contribution >= 4 is 5.69 Å². The van der Waals surface area contributed by atoms with Crippen LogP contribution in [0.2, 0.25) is 0 Å². The Kier molecular flexibility index (Phi) is 3.81. The van der Waals surface area contributed by atoms with Crippen molar-refractivity contribution in [1.29, 1.82) is 0 Å². The van der Waals surface area contributed by atoms with Crippen molar-refractivity contribution in [1.82, 2.24) is 0 Å². The van der Waals surface area contributed by atoms with Gasteiger partial charge in [-0.15, -0.1) is 0 Å². The maximum absolute atomic E-state index is 5.76. The molecule has 0 aliphatic heterocycles. The van der Waals surface area contributed by atoms with E-state index in [1.807, 2.05) is 18.2 Å². The topological polar surface area (TPSA) is 26.0 Å². The van der Waals surface area contributed by atoms with E-state index in [1.165, 1.54) is 11.1 Å². The van der Waals surface area contributed by atoms with Crippen LogP contribution in [0.25, 0.3) is 0 Å². The van der Waals surface area contributed by atoms with E-state index in [0.29, 0.717) is 5.92 Å². The second-order valence-electron chi connectivity index (χ2n) is 4.42. The summed E-state index contributed by atoms with van der Waals surface area (Å²) in [6, 6.07) is 18.6. The number of hydrogen-bond acceptors (Lipinski definition) is 1. The molecule has 1 unspecified atom stereocenters. The standard InChI is InChI=1S/C16H18N/c1-13(15-7-3-2-4-8-15)10-11-14-6-5-9-16(17)12-14/h2-9,11-13H,10,17H2,1H3. The van der Waals surface area contributed by atoms with Crippen LogP contribution in [-0.4, -0.2) is 0 Å². The third kappa shape index (κ3) is 3.35. The first kappa shape index (κ1) is 11.7. The van der Waals surface area contributed by atoms with Crippen LogP contribution in [0.15, 0.2) is 54.6 Å². The zero-order valence-corrected chi connectivity index (χ0v) is 10.1. The zero-order valence-electron chi connectivity index (χ0n) is 10.1. The van der Waals surface area contributed by atoms with Gasteiger partial charge < -0.3 is 5.73 Å². The van der Waals surface area contributed by atoms with Crippen molar-refractivity contribution in [3.63, 3.8) is 0 Å². The van der Waals surface area contributed by atoms with Crippen LogP contribution in [0.1, 0.15) is 30.4 Å². The van der Waals surface area contributed by atoms with Crippen LogP contribution in [0.4, 0.5) is 5.69 Å². The summed E-state index contributed by atoms with van der Waals surface area (Å²) in [6.07, 6.45) is 3.28. The number of nitrogen functional groups attached to an aromatic ring is 1. The molecule has 0 saturated heterocycles. The zero-order chi connectivity index (χ0) is 12.1. The van der Waals surface area contributed by atoms with Gasteiger partial charge in [-0.3, -0.25) is 0 Å². The molecule has 0 aliphatic rings. The molecule has 2 rings (SSSR count). The average Bonchev–Trinajstić information content (AvgIpc) is 2.37. The van der Waals surface area contributed by atoms with Gasteiger partial charge in [0.1, 0.15) is 0 Å². The van der Waals surface area contributed by atoms with Crippen molar-refractivity contribution in [2.45, 2.75) is 19.3 Å². The first-order valence-corrected chi connectivity index (χ1v) is 5.99. The molecule has 0 amide bonds. The van der Waals surface area contributed by atoms with Gasteiger partial charge in [0.25, 0.3) is 0 Å². The minimum atomic E-state index is 0.539. The Balaban J connectivity index is 1.95. The highest BCUT2D eigenvalue weighted by Gasteiger charge is 2.05. The highest BCUT2D eigenvalue weighted by atomic mass is 14.5. The second-order valence-corrected chi connectivity index (χ2v) is 4.42. The third-order valence-electron chi connectivity index (χ3n) is 2.99. The molecule has 87 valence electrons. The molecule has 2 aromatic rings. The highest BCUT2D eigenvalue weighted by Crippen LogP contribution is 2.22. The maximum Gasteiger partial charge on any atom is 0.0316 e. The molecular weight excluding hydrogens is 206 g/mol. The third-order valence-corrected chi connectivity index (χ3v) is 2.99. The lowest BCUT2D eigenvalue weighted by Gasteiger charge is -2.11. The molecule has 17 heavy (non-hydrogen) atoms. The Morgan fingerprint density at radius 3 is 2.53 bits per heavy atom. The van der Waals surface area contributed by atoms with E-state index in [2.05, 4.69) is 49.7 Å². The fourth-order valence-electron chi connectivity index (χ4n) is 1.92. The molecule has 1 radical (unpaired) electrons. The van der Waals surface area contributed by atoms with Gasteiger partial charge in [0.05, 0.1) is 0 Å². The van der Waals surface area contributed by atoms with Crippen LogP contribution in [0.3, 0.4) is 0 Å². The summed E-state index contributed by atoms with van der Waals surface area (Å²) in [7, 11) is 0.